The third kappa shape index (κ3) is 3.03. The lowest BCUT2D eigenvalue weighted by molar-refractivity contribution is 0.0697. The van der Waals surface area contributed by atoms with Crippen molar-refractivity contribution in [2.24, 2.45) is 0 Å². The summed E-state index contributed by atoms with van der Waals surface area (Å²) in [5, 5.41) is 11.8. The highest BCUT2D eigenvalue weighted by Gasteiger charge is 2.15. The molecule has 1 aromatic carbocycles. The molecular weight excluding hydrogens is 324 g/mol. The lowest BCUT2D eigenvalue weighted by atomic mass is 10.1. The molecule has 0 radical (unpaired) electrons. The fourth-order valence-corrected chi connectivity index (χ4v) is 2.16. The van der Waals surface area contributed by atoms with Gasteiger partial charge in [0.1, 0.15) is 4.60 Å². The summed E-state index contributed by atoms with van der Waals surface area (Å²) in [4.78, 5) is 27.3. The minimum Gasteiger partial charge on any atom is -0.478 e. The number of nitrogens with one attached hydrogen (secondary N) is 1. The zero-order valence-corrected chi connectivity index (χ0v) is 12.1. The molecule has 0 atom stereocenters. The van der Waals surface area contributed by atoms with E-state index in [4.69, 9.17) is 0 Å². The molecule has 0 saturated carbocycles. The van der Waals surface area contributed by atoms with E-state index in [1.165, 1.54) is 6.20 Å². The van der Waals surface area contributed by atoms with Crippen molar-refractivity contribution in [1.82, 2.24) is 4.98 Å². The predicted octanol–water partition coefficient (Wildman–Crippen LogP) is 3.10. The van der Waals surface area contributed by atoms with Gasteiger partial charge in [-0.05, 0) is 46.6 Å². The summed E-state index contributed by atoms with van der Waals surface area (Å²) in [6, 6.07) is 8.05. The van der Waals surface area contributed by atoms with Gasteiger partial charge in [0, 0.05) is 11.8 Å². The van der Waals surface area contributed by atoms with E-state index in [9.17, 15) is 14.7 Å². The quantitative estimate of drug-likeness (QED) is 0.845. The van der Waals surface area contributed by atoms with Gasteiger partial charge in [0.15, 0.2) is 0 Å². The van der Waals surface area contributed by atoms with Crippen molar-refractivity contribution in [2.75, 3.05) is 5.32 Å². The van der Waals surface area contributed by atoms with Gasteiger partial charge in [-0.15, -0.1) is 0 Å². The smallest absolute Gasteiger partial charge is 0.338 e. The molecule has 0 aliphatic heterocycles. The van der Waals surface area contributed by atoms with Crippen LogP contribution in [0.1, 0.15) is 26.3 Å². The number of carbonyl (C=O) groups is 2. The van der Waals surface area contributed by atoms with E-state index in [1.807, 2.05) is 0 Å². The normalized spacial score (nSPS) is 10.1. The first kappa shape index (κ1) is 14.2. The molecule has 0 aliphatic carbocycles. The summed E-state index contributed by atoms with van der Waals surface area (Å²) in [6.07, 6.45) is 1.49. The Morgan fingerprint density at radius 1 is 1.30 bits per heavy atom. The van der Waals surface area contributed by atoms with Crippen molar-refractivity contribution >= 4 is 33.5 Å². The van der Waals surface area contributed by atoms with E-state index >= 15 is 0 Å². The molecule has 102 valence electrons. The first-order chi connectivity index (χ1) is 9.49. The molecule has 2 aromatic rings. The Kier molecular flexibility index (Phi) is 4.14. The molecule has 1 amide bonds. The highest BCUT2D eigenvalue weighted by Crippen LogP contribution is 2.20. The van der Waals surface area contributed by atoms with Gasteiger partial charge in [0.2, 0.25) is 0 Å². The number of nitrogens with zero attached hydrogens (tertiary/aromatic N) is 1. The van der Waals surface area contributed by atoms with Gasteiger partial charge in [0.25, 0.3) is 5.91 Å². The van der Waals surface area contributed by atoms with Crippen molar-refractivity contribution in [2.45, 2.75) is 6.92 Å². The Morgan fingerprint density at radius 3 is 2.70 bits per heavy atom. The SMILES string of the molecule is Cc1cccc(NC(=O)c2ccnc(Br)c2)c1C(=O)O. The van der Waals surface area contributed by atoms with Crippen LogP contribution in [0, 0.1) is 6.92 Å². The van der Waals surface area contributed by atoms with Crippen LogP contribution in [-0.4, -0.2) is 22.0 Å². The molecule has 2 rings (SSSR count). The molecule has 20 heavy (non-hydrogen) atoms. The monoisotopic (exact) mass is 334 g/mol. The largest absolute Gasteiger partial charge is 0.478 e. The number of halogens is 1. The van der Waals surface area contributed by atoms with Crippen LogP contribution >= 0.6 is 15.9 Å². The lowest BCUT2D eigenvalue weighted by Crippen LogP contribution is -2.15. The summed E-state index contributed by atoms with van der Waals surface area (Å²) in [7, 11) is 0. The summed E-state index contributed by atoms with van der Waals surface area (Å²) in [5.41, 5.74) is 1.35. The fraction of sp³-hybridized carbons (Fsp3) is 0.0714. The molecule has 1 heterocycles. The number of aromatic carboxylic acids is 1. The van der Waals surface area contributed by atoms with Crippen molar-refractivity contribution in [3.05, 3.63) is 57.8 Å². The van der Waals surface area contributed by atoms with Crippen molar-refractivity contribution < 1.29 is 14.7 Å². The van der Waals surface area contributed by atoms with Crippen molar-refractivity contribution in [1.29, 1.82) is 0 Å². The molecule has 0 saturated heterocycles. The number of benzene rings is 1. The van der Waals surface area contributed by atoms with Gasteiger partial charge in [-0.1, -0.05) is 12.1 Å². The van der Waals surface area contributed by atoms with E-state index < -0.39 is 5.97 Å². The van der Waals surface area contributed by atoms with Gasteiger partial charge in [-0.3, -0.25) is 4.79 Å². The second-order valence-corrected chi connectivity index (χ2v) is 4.94. The fourth-order valence-electron chi connectivity index (χ4n) is 1.79. The third-order valence-corrected chi connectivity index (χ3v) is 3.16. The van der Waals surface area contributed by atoms with Crippen LogP contribution in [0.25, 0.3) is 0 Å². The molecule has 0 unspecified atom stereocenters. The number of carboxylic acid groups (broad SMARTS) is 1. The average Bonchev–Trinajstić information content (AvgIpc) is 2.38. The number of hydrogen-bond acceptors (Lipinski definition) is 3. The first-order valence-electron chi connectivity index (χ1n) is 5.75. The van der Waals surface area contributed by atoms with Crippen LogP contribution in [0.5, 0.6) is 0 Å². The lowest BCUT2D eigenvalue weighted by Gasteiger charge is -2.10. The molecule has 0 bridgehead atoms. The first-order valence-corrected chi connectivity index (χ1v) is 6.54. The molecule has 0 spiro atoms. The van der Waals surface area contributed by atoms with Crippen LogP contribution in [0.15, 0.2) is 41.1 Å². The summed E-state index contributed by atoms with van der Waals surface area (Å²) < 4.78 is 0.535. The van der Waals surface area contributed by atoms with Gasteiger partial charge in [0.05, 0.1) is 11.3 Å². The van der Waals surface area contributed by atoms with E-state index in [0.717, 1.165) is 0 Å². The predicted molar refractivity (Wildman–Crippen MR) is 78.0 cm³/mol. The Balaban J connectivity index is 2.33. The molecule has 0 aliphatic rings. The number of aryl methyl sites for hydroxylation is 1. The molecule has 6 heteroatoms. The van der Waals surface area contributed by atoms with Crippen LogP contribution in [-0.2, 0) is 0 Å². The zero-order chi connectivity index (χ0) is 14.7. The van der Waals surface area contributed by atoms with Gasteiger partial charge < -0.3 is 10.4 Å². The van der Waals surface area contributed by atoms with Crippen LogP contribution < -0.4 is 5.32 Å². The van der Waals surface area contributed by atoms with E-state index in [-0.39, 0.29) is 17.2 Å². The number of amides is 1. The third-order valence-electron chi connectivity index (χ3n) is 2.72. The zero-order valence-electron chi connectivity index (χ0n) is 10.6. The number of hydrogen-bond donors (Lipinski definition) is 2. The molecular formula is C14H11BrN2O3. The van der Waals surface area contributed by atoms with Crippen LogP contribution in [0.2, 0.25) is 0 Å². The number of carbonyl (C=O) groups excluding carboxylic acids is 1. The highest BCUT2D eigenvalue weighted by atomic mass is 79.9. The van der Waals surface area contributed by atoms with Gasteiger partial charge in [-0.25, -0.2) is 9.78 Å². The van der Waals surface area contributed by atoms with E-state index in [1.54, 1.807) is 37.3 Å². The summed E-state index contributed by atoms with van der Waals surface area (Å²) >= 11 is 3.18. The Bertz CT molecular complexity index is 686. The van der Waals surface area contributed by atoms with E-state index in [0.29, 0.717) is 15.7 Å². The number of rotatable bonds is 3. The highest BCUT2D eigenvalue weighted by molar-refractivity contribution is 9.10. The summed E-state index contributed by atoms with van der Waals surface area (Å²) in [6.45, 7) is 1.68. The second kappa shape index (κ2) is 5.83. The summed E-state index contributed by atoms with van der Waals surface area (Å²) in [5.74, 6) is -1.46. The van der Waals surface area contributed by atoms with Gasteiger partial charge >= 0.3 is 5.97 Å². The molecule has 2 N–H and O–H groups in total. The molecule has 0 fully saturated rings. The maximum atomic E-state index is 12.1. The number of pyridine rings is 1. The van der Waals surface area contributed by atoms with Gasteiger partial charge in [-0.2, -0.15) is 0 Å². The van der Waals surface area contributed by atoms with Crippen molar-refractivity contribution in [3.8, 4) is 0 Å². The second-order valence-electron chi connectivity index (χ2n) is 4.12. The maximum Gasteiger partial charge on any atom is 0.338 e. The van der Waals surface area contributed by atoms with Crippen molar-refractivity contribution in [3.63, 3.8) is 0 Å². The van der Waals surface area contributed by atoms with Crippen LogP contribution in [0.4, 0.5) is 5.69 Å². The average molecular weight is 335 g/mol. The topological polar surface area (TPSA) is 79.3 Å². The standard InChI is InChI=1S/C14H11BrN2O3/c1-8-3-2-4-10(12(8)14(19)20)17-13(18)9-5-6-16-11(15)7-9/h2-7H,1H3,(H,17,18)(H,19,20). The van der Waals surface area contributed by atoms with Crippen LogP contribution in [0.3, 0.4) is 0 Å². The number of aromatic nitrogens is 1. The Hall–Kier alpha value is -2.21. The maximum absolute atomic E-state index is 12.1. The Labute approximate surface area is 123 Å². The minimum atomic E-state index is -1.07. The molecule has 1 aromatic heterocycles. The number of anilines is 1. The van der Waals surface area contributed by atoms with E-state index in [2.05, 4.69) is 26.2 Å². The molecule has 5 nitrogen and oxygen atoms in total. The Morgan fingerprint density at radius 2 is 2.05 bits per heavy atom. The number of carboxylic acids is 1. The minimum absolute atomic E-state index is 0.0916.